The Balaban J connectivity index is 1.55. The summed E-state index contributed by atoms with van der Waals surface area (Å²) in [6.07, 6.45) is -3.72. The first-order chi connectivity index (χ1) is 17.1. The predicted octanol–water partition coefficient (Wildman–Crippen LogP) is -0.298. The molecule has 5 unspecified atom stereocenters. The minimum absolute atomic E-state index is 0.118. The molecule has 1 aromatic carbocycles. The maximum atomic E-state index is 11.9. The van der Waals surface area contributed by atoms with Crippen LogP contribution < -0.4 is 5.73 Å². The first-order valence-electron chi connectivity index (χ1n) is 11.0. The topological polar surface area (TPSA) is 212 Å². The zero-order chi connectivity index (χ0) is 26.0. The second kappa shape index (κ2) is 10.6. The average molecular weight is 523 g/mol. The SMILES string of the molecule is CCOC(=O)C(OCC1OC(n2cnc3c(N)nc(Cc4ccccc4)nc32)C(O)C1O)P(=O)(O)O. The highest BCUT2D eigenvalue weighted by molar-refractivity contribution is 7.53. The minimum atomic E-state index is -5.03. The van der Waals surface area contributed by atoms with Crippen LogP contribution in [0.3, 0.4) is 0 Å². The van der Waals surface area contributed by atoms with Crippen LogP contribution in [-0.2, 0) is 30.0 Å². The van der Waals surface area contributed by atoms with Gasteiger partial charge in [0.05, 0.1) is 19.5 Å². The average Bonchev–Trinajstić information content (AvgIpc) is 3.35. The number of aliphatic hydroxyl groups excluding tert-OH is 2. The molecule has 6 N–H and O–H groups in total. The summed E-state index contributed by atoms with van der Waals surface area (Å²) in [6.45, 7) is 0.732. The van der Waals surface area contributed by atoms with Crippen molar-refractivity contribution in [3.8, 4) is 0 Å². The molecule has 4 rings (SSSR count). The number of carbonyl (C=O) groups is 1. The van der Waals surface area contributed by atoms with Gasteiger partial charge in [-0.3, -0.25) is 9.13 Å². The van der Waals surface area contributed by atoms with E-state index in [2.05, 4.69) is 19.7 Å². The van der Waals surface area contributed by atoms with Crippen molar-refractivity contribution in [2.75, 3.05) is 18.9 Å². The van der Waals surface area contributed by atoms with Crippen molar-refractivity contribution in [2.24, 2.45) is 0 Å². The molecule has 0 spiro atoms. The lowest BCUT2D eigenvalue weighted by Gasteiger charge is -2.20. The number of nitrogens with two attached hydrogens (primary N) is 1. The van der Waals surface area contributed by atoms with Crippen LogP contribution in [0.2, 0.25) is 0 Å². The number of anilines is 1. The van der Waals surface area contributed by atoms with Crippen molar-refractivity contribution >= 4 is 30.5 Å². The highest BCUT2D eigenvalue weighted by Crippen LogP contribution is 2.43. The molecule has 1 saturated heterocycles. The number of fused-ring (bicyclic) bond motifs is 1. The van der Waals surface area contributed by atoms with Gasteiger partial charge >= 0.3 is 13.6 Å². The molecule has 0 aliphatic carbocycles. The molecular formula is C21H26N5O9P. The Hall–Kier alpha value is -2.97. The number of imidazole rings is 1. The van der Waals surface area contributed by atoms with Crippen molar-refractivity contribution in [3.05, 3.63) is 48.0 Å². The monoisotopic (exact) mass is 523 g/mol. The number of carbonyl (C=O) groups excluding carboxylic acids is 1. The van der Waals surface area contributed by atoms with Crippen molar-refractivity contribution in [3.63, 3.8) is 0 Å². The fourth-order valence-corrected chi connectivity index (χ4v) is 4.46. The molecule has 3 heterocycles. The molecule has 0 saturated carbocycles. The molecule has 1 aliphatic heterocycles. The van der Waals surface area contributed by atoms with Gasteiger partial charge in [-0.05, 0) is 12.5 Å². The molecule has 2 aromatic heterocycles. The quantitative estimate of drug-likeness (QED) is 0.180. The molecule has 1 fully saturated rings. The largest absolute Gasteiger partial charge is 0.464 e. The number of hydrogen-bond donors (Lipinski definition) is 5. The Bertz CT molecular complexity index is 1270. The third-order valence-electron chi connectivity index (χ3n) is 5.52. The third-order valence-corrected chi connectivity index (χ3v) is 6.49. The fourth-order valence-electron chi connectivity index (χ4n) is 3.83. The Labute approximate surface area is 204 Å². The molecule has 0 radical (unpaired) electrons. The van der Waals surface area contributed by atoms with E-state index < -0.39 is 50.6 Å². The van der Waals surface area contributed by atoms with Crippen LogP contribution in [0.25, 0.3) is 11.2 Å². The number of hydrogen-bond acceptors (Lipinski definition) is 11. The van der Waals surface area contributed by atoms with Crippen LogP contribution in [0, 0.1) is 0 Å². The van der Waals surface area contributed by atoms with Crippen LogP contribution in [0.1, 0.15) is 24.5 Å². The third kappa shape index (κ3) is 5.39. The normalized spacial score (nSPS) is 23.1. The van der Waals surface area contributed by atoms with Crippen molar-refractivity contribution in [2.45, 2.75) is 43.7 Å². The zero-order valence-corrected chi connectivity index (χ0v) is 20.0. The number of ether oxygens (including phenoxy) is 3. The van der Waals surface area contributed by atoms with Gasteiger partial charge in [-0.1, -0.05) is 30.3 Å². The van der Waals surface area contributed by atoms with E-state index in [1.807, 2.05) is 30.3 Å². The smallest absolute Gasteiger partial charge is 0.365 e. The molecule has 15 heteroatoms. The van der Waals surface area contributed by atoms with E-state index in [0.717, 1.165) is 5.56 Å². The van der Waals surface area contributed by atoms with Gasteiger partial charge in [0.15, 0.2) is 17.7 Å². The number of esters is 1. The van der Waals surface area contributed by atoms with E-state index in [1.165, 1.54) is 17.8 Å². The van der Waals surface area contributed by atoms with E-state index >= 15 is 0 Å². The van der Waals surface area contributed by atoms with Crippen molar-refractivity contribution in [1.29, 1.82) is 0 Å². The molecule has 194 valence electrons. The molecular weight excluding hydrogens is 497 g/mol. The van der Waals surface area contributed by atoms with Crippen molar-refractivity contribution in [1.82, 2.24) is 19.5 Å². The summed E-state index contributed by atoms with van der Waals surface area (Å²) in [5.74, 6) is -2.93. The molecule has 5 atom stereocenters. The summed E-state index contributed by atoms with van der Waals surface area (Å²) in [6, 6.07) is 9.47. The molecule has 36 heavy (non-hydrogen) atoms. The second-order valence-electron chi connectivity index (χ2n) is 8.08. The van der Waals surface area contributed by atoms with Gasteiger partial charge in [-0.25, -0.2) is 19.7 Å². The van der Waals surface area contributed by atoms with E-state index in [4.69, 9.17) is 15.2 Å². The molecule has 0 amide bonds. The number of aromatic nitrogens is 4. The summed E-state index contributed by atoms with van der Waals surface area (Å²) in [5, 5.41) is 21.2. The number of aliphatic hydroxyl groups is 2. The Morgan fingerprint density at radius 2 is 1.94 bits per heavy atom. The summed E-state index contributed by atoms with van der Waals surface area (Å²) in [4.78, 5) is 43.8. The Kier molecular flexibility index (Phi) is 7.66. The van der Waals surface area contributed by atoms with Crippen LogP contribution in [0.4, 0.5) is 5.82 Å². The highest BCUT2D eigenvalue weighted by atomic mass is 31.2. The van der Waals surface area contributed by atoms with Crippen molar-refractivity contribution < 1.29 is 43.6 Å². The molecule has 14 nitrogen and oxygen atoms in total. The summed E-state index contributed by atoms with van der Waals surface area (Å²) >= 11 is 0. The highest BCUT2D eigenvalue weighted by Gasteiger charge is 2.46. The lowest BCUT2D eigenvalue weighted by atomic mass is 10.1. The van der Waals surface area contributed by atoms with Gasteiger partial charge in [0, 0.05) is 6.42 Å². The summed E-state index contributed by atoms with van der Waals surface area (Å²) in [7, 11) is -5.03. The predicted molar refractivity (Wildman–Crippen MR) is 123 cm³/mol. The summed E-state index contributed by atoms with van der Waals surface area (Å²) in [5.41, 5.74) is 7.54. The Morgan fingerprint density at radius 1 is 1.22 bits per heavy atom. The molecule has 1 aliphatic rings. The lowest BCUT2D eigenvalue weighted by Crippen LogP contribution is -2.36. The maximum absolute atomic E-state index is 11.9. The maximum Gasteiger partial charge on any atom is 0.365 e. The van der Waals surface area contributed by atoms with E-state index in [1.54, 1.807) is 0 Å². The van der Waals surface area contributed by atoms with Gasteiger partial charge in [0.25, 0.3) is 5.85 Å². The molecule has 0 bridgehead atoms. The summed E-state index contributed by atoms with van der Waals surface area (Å²) < 4.78 is 28.5. The fraction of sp³-hybridized carbons (Fsp3) is 0.429. The van der Waals surface area contributed by atoms with Gasteiger partial charge in [-0.2, -0.15) is 0 Å². The van der Waals surface area contributed by atoms with Gasteiger partial charge < -0.3 is 39.9 Å². The number of rotatable bonds is 9. The second-order valence-corrected chi connectivity index (χ2v) is 9.73. The molecule has 3 aromatic rings. The number of nitrogen functional groups attached to an aromatic ring is 1. The first-order valence-corrected chi connectivity index (χ1v) is 12.7. The lowest BCUT2D eigenvalue weighted by molar-refractivity contribution is -0.155. The van der Waals surface area contributed by atoms with E-state index in [-0.39, 0.29) is 23.6 Å². The van der Waals surface area contributed by atoms with Crippen LogP contribution in [0.5, 0.6) is 0 Å². The van der Waals surface area contributed by atoms with Crippen LogP contribution >= 0.6 is 7.60 Å². The first kappa shape index (κ1) is 26.1. The van der Waals surface area contributed by atoms with E-state index in [0.29, 0.717) is 12.2 Å². The zero-order valence-electron chi connectivity index (χ0n) is 19.1. The standard InChI is InChI=1S/C21H26N5O9P/c1-2-33-20(29)21(36(30,31)32)34-9-12-15(27)16(28)19(35-12)26-10-23-14-17(22)24-13(25-18(14)26)8-11-6-4-3-5-7-11/h3-7,10,12,15-16,19,21,27-28H,2,8-9H2,1H3,(H2,22,24,25)(H2,30,31,32). The van der Waals surface area contributed by atoms with E-state index in [9.17, 15) is 29.4 Å². The van der Waals surface area contributed by atoms with Gasteiger partial charge in [0.2, 0.25) is 0 Å². The number of benzene rings is 1. The van der Waals surface area contributed by atoms with Gasteiger partial charge in [0.1, 0.15) is 29.7 Å². The Morgan fingerprint density at radius 3 is 2.61 bits per heavy atom. The van der Waals surface area contributed by atoms with Gasteiger partial charge in [-0.15, -0.1) is 0 Å². The minimum Gasteiger partial charge on any atom is -0.464 e. The van der Waals surface area contributed by atoms with Crippen LogP contribution in [0.15, 0.2) is 36.7 Å². The van der Waals surface area contributed by atoms with Crippen LogP contribution in [-0.4, -0.2) is 82.9 Å². The number of nitrogens with zero attached hydrogens (tertiary/aromatic N) is 4.